The fourth-order valence-corrected chi connectivity index (χ4v) is 2.82. The second kappa shape index (κ2) is 6.08. The van der Waals surface area contributed by atoms with E-state index in [1.165, 1.54) is 0 Å². The first kappa shape index (κ1) is 16.0. The van der Waals surface area contributed by atoms with Crippen LogP contribution in [0.15, 0.2) is 42.5 Å². The lowest BCUT2D eigenvalue weighted by Crippen LogP contribution is -2.35. The Labute approximate surface area is 149 Å². The topological polar surface area (TPSA) is 100 Å². The molecule has 2 aromatic rings. The normalized spacial score (nSPS) is 15.7. The van der Waals surface area contributed by atoms with Crippen LogP contribution in [0.3, 0.4) is 0 Å². The third-order valence-electron chi connectivity index (χ3n) is 4.50. The predicted molar refractivity (Wildman–Crippen MR) is 92.6 cm³/mol. The summed E-state index contributed by atoms with van der Waals surface area (Å²) < 4.78 is 10.5. The fraction of sp³-hybridized carbons (Fsp3) is 0.211. The molecule has 2 amide bonds. The number of nitrogens with zero attached hydrogens (tertiary/aromatic N) is 1. The van der Waals surface area contributed by atoms with Crippen LogP contribution in [-0.2, 0) is 9.59 Å². The number of benzene rings is 2. The minimum Gasteiger partial charge on any atom is -0.454 e. The van der Waals surface area contributed by atoms with E-state index in [-0.39, 0.29) is 18.6 Å². The Morgan fingerprint density at radius 3 is 2.35 bits per heavy atom. The van der Waals surface area contributed by atoms with Crippen LogP contribution in [0.25, 0.3) is 0 Å². The highest BCUT2D eigenvalue weighted by Gasteiger charge is 2.56. The molecule has 7 nitrogen and oxygen atoms in total. The number of ether oxygens (including phenoxy) is 2. The van der Waals surface area contributed by atoms with E-state index in [0.29, 0.717) is 41.3 Å². The molecule has 0 aromatic heterocycles. The lowest BCUT2D eigenvalue weighted by molar-refractivity contribution is -0.131. The Bertz CT molecular complexity index is 944. The van der Waals surface area contributed by atoms with E-state index < -0.39 is 5.41 Å². The number of hydrogen-bond acceptors (Lipinski definition) is 5. The second-order valence-electron chi connectivity index (χ2n) is 6.25. The van der Waals surface area contributed by atoms with Crippen LogP contribution >= 0.6 is 0 Å². The van der Waals surface area contributed by atoms with Gasteiger partial charge in [0, 0.05) is 17.4 Å². The van der Waals surface area contributed by atoms with Gasteiger partial charge >= 0.3 is 0 Å². The van der Waals surface area contributed by atoms with Crippen molar-refractivity contribution in [3.63, 3.8) is 0 Å². The van der Waals surface area contributed by atoms with Crippen LogP contribution in [-0.4, -0.2) is 18.6 Å². The zero-order valence-corrected chi connectivity index (χ0v) is 13.7. The molecule has 2 aliphatic rings. The third kappa shape index (κ3) is 2.82. The quantitative estimate of drug-likeness (QED) is 0.827. The lowest BCUT2D eigenvalue weighted by Gasteiger charge is -2.15. The van der Waals surface area contributed by atoms with Crippen molar-refractivity contribution in [2.45, 2.75) is 12.8 Å². The monoisotopic (exact) mass is 349 g/mol. The number of carbonyl (C=O) groups excluding carboxylic acids is 2. The Morgan fingerprint density at radius 1 is 0.962 bits per heavy atom. The predicted octanol–water partition coefficient (Wildman–Crippen LogP) is 2.64. The van der Waals surface area contributed by atoms with E-state index in [2.05, 4.69) is 10.6 Å². The third-order valence-corrected chi connectivity index (χ3v) is 4.50. The van der Waals surface area contributed by atoms with Gasteiger partial charge in [-0.15, -0.1) is 0 Å². The number of anilines is 2. The first-order chi connectivity index (χ1) is 12.6. The Balaban J connectivity index is 1.46. The number of fused-ring (bicyclic) bond motifs is 1. The highest BCUT2D eigenvalue weighted by Crippen LogP contribution is 2.48. The summed E-state index contributed by atoms with van der Waals surface area (Å²) in [5.74, 6) is 0.459. The minimum absolute atomic E-state index is 0.154. The molecule has 1 heterocycles. The molecule has 1 aliphatic heterocycles. The zero-order valence-electron chi connectivity index (χ0n) is 13.7. The summed E-state index contributed by atoms with van der Waals surface area (Å²) in [4.78, 5) is 25.3. The molecule has 0 atom stereocenters. The number of nitriles is 1. The van der Waals surface area contributed by atoms with Crippen LogP contribution in [0.2, 0.25) is 0 Å². The van der Waals surface area contributed by atoms with E-state index in [1.54, 1.807) is 42.5 Å². The second-order valence-corrected chi connectivity index (χ2v) is 6.25. The Kier molecular flexibility index (Phi) is 3.73. The van der Waals surface area contributed by atoms with Crippen LogP contribution in [0.4, 0.5) is 11.4 Å². The van der Waals surface area contributed by atoms with Crippen molar-refractivity contribution in [2.24, 2.45) is 5.41 Å². The standard InChI is InChI=1S/C19H15N3O4/c20-10-12-2-1-3-13(8-12)21-17(23)19(6-7-19)18(24)22-14-4-5-15-16(9-14)26-11-25-15/h1-5,8-9H,6-7,11H2,(H,21,23)(H,22,24). The zero-order chi connectivity index (χ0) is 18.1. The van der Waals surface area contributed by atoms with Gasteiger partial charge in [0.15, 0.2) is 11.5 Å². The van der Waals surface area contributed by atoms with Crippen molar-refractivity contribution < 1.29 is 19.1 Å². The van der Waals surface area contributed by atoms with Gasteiger partial charge in [0.2, 0.25) is 18.6 Å². The van der Waals surface area contributed by atoms with Crippen LogP contribution in [0.5, 0.6) is 11.5 Å². The van der Waals surface area contributed by atoms with Gasteiger partial charge in [0.1, 0.15) is 5.41 Å². The largest absolute Gasteiger partial charge is 0.454 e. The van der Waals surface area contributed by atoms with E-state index >= 15 is 0 Å². The SMILES string of the molecule is N#Cc1cccc(NC(=O)C2(C(=O)Nc3ccc4c(c3)OCO4)CC2)c1. The molecule has 7 heteroatoms. The van der Waals surface area contributed by atoms with Crippen molar-refractivity contribution in [3.05, 3.63) is 48.0 Å². The van der Waals surface area contributed by atoms with Gasteiger partial charge in [-0.1, -0.05) is 6.07 Å². The molecule has 130 valence electrons. The fourth-order valence-electron chi connectivity index (χ4n) is 2.82. The van der Waals surface area contributed by atoms with Crippen LogP contribution in [0.1, 0.15) is 18.4 Å². The Hall–Kier alpha value is -3.53. The van der Waals surface area contributed by atoms with Crippen molar-refractivity contribution in [1.82, 2.24) is 0 Å². The summed E-state index contributed by atoms with van der Waals surface area (Å²) in [7, 11) is 0. The highest BCUT2D eigenvalue weighted by molar-refractivity contribution is 6.17. The Morgan fingerprint density at radius 2 is 1.65 bits per heavy atom. The highest BCUT2D eigenvalue weighted by atomic mass is 16.7. The van der Waals surface area contributed by atoms with Gasteiger partial charge in [-0.2, -0.15) is 5.26 Å². The van der Waals surface area contributed by atoms with Crippen LogP contribution < -0.4 is 20.1 Å². The molecule has 1 saturated carbocycles. The van der Waals surface area contributed by atoms with Gasteiger partial charge in [0.05, 0.1) is 11.6 Å². The maximum atomic E-state index is 12.7. The molecule has 0 unspecified atom stereocenters. The van der Waals surface area contributed by atoms with Crippen molar-refractivity contribution >= 4 is 23.2 Å². The van der Waals surface area contributed by atoms with E-state index in [9.17, 15) is 9.59 Å². The smallest absolute Gasteiger partial charge is 0.240 e. The molecule has 2 aromatic carbocycles. The summed E-state index contributed by atoms with van der Waals surface area (Å²) in [6.45, 7) is 0.154. The van der Waals surface area contributed by atoms with E-state index in [0.717, 1.165) is 0 Å². The molecule has 0 bridgehead atoms. The number of carbonyl (C=O) groups is 2. The molecule has 1 fully saturated rings. The molecule has 4 rings (SSSR count). The average Bonchev–Trinajstić information content (AvgIpc) is 3.34. The summed E-state index contributed by atoms with van der Waals surface area (Å²) in [6, 6.07) is 13.7. The first-order valence-electron chi connectivity index (χ1n) is 8.13. The number of nitrogens with one attached hydrogen (secondary N) is 2. The molecule has 0 radical (unpaired) electrons. The molecular formula is C19H15N3O4. The van der Waals surface area contributed by atoms with E-state index in [4.69, 9.17) is 14.7 Å². The molecule has 26 heavy (non-hydrogen) atoms. The van der Waals surface area contributed by atoms with Gasteiger partial charge in [-0.3, -0.25) is 9.59 Å². The van der Waals surface area contributed by atoms with Crippen molar-refractivity contribution in [1.29, 1.82) is 5.26 Å². The minimum atomic E-state index is -1.08. The summed E-state index contributed by atoms with van der Waals surface area (Å²) in [5, 5.41) is 14.4. The number of hydrogen-bond donors (Lipinski definition) is 2. The maximum Gasteiger partial charge on any atom is 0.240 e. The molecule has 0 saturated heterocycles. The maximum absolute atomic E-state index is 12.7. The van der Waals surface area contributed by atoms with Crippen molar-refractivity contribution in [3.8, 4) is 17.6 Å². The lowest BCUT2D eigenvalue weighted by atomic mass is 10.0. The van der Waals surface area contributed by atoms with E-state index in [1.807, 2.05) is 6.07 Å². The molecule has 1 aliphatic carbocycles. The van der Waals surface area contributed by atoms with Gasteiger partial charge < -0.3 is 20.1 Å². The van der Waals surface area contributed by atoms with Gasteiger partial charge in [-0.25, -0.2) is 0 Å². The van der Waals surface area contributed by atoms with Crippen LogP contribution in [0, 0.1) is 16.7 Å². The molecular weight excluding hydrogens is 334 g/mol. The molecule has 2 N–H and O–H groups in total. The summed E-state index contributed by atoms with van der Waals surface area (Å²) >= 11 is 0. The van der Waals surface area contributed by atoms with Crippen molar-refractivity contribution in [2.75, 3.05) is 17.4 Å². The first-order valence-corrected chi connectivity index (χ1v) is 8.13. The number of rotatable bonds is 4. The van der Waals surface area contributed by atoms with Gasteiger partial charge in [0.25, 0.3) is 0 Å². The average molecular weight is 349 g/mol. The summed E-state index contributed by atoms with van der Waals surface area (Å²) in [6.07, 6.45) is 0.959. The molecule has 0 spiro atoms. The summed E-state index contributed by atoms with van der Waals surface area (Å²) in [5.41, 5.74) is 0.400. The van der Waals surface area contributed by atoms with Gasteiger partial charge in [-0.05, 0) is 43.2 Å². The number of amides is 2.